The van der Waals surface area contributed by atoms with Gasteiger partial charge in [0, 0.05) is 12.1 Å². The van der Waals surface area contributed by atoms with Crippen LogP contribution >= 0.6 is 11.6 Å². The van der Waals surface area contributed by atoms with Gasteiger partial charge in [0.15, 0.2) is 0 Å². The van der Waals surface area contributed by atoms with Crippen LogP contribution in [0.4, 0.5) is 4.39 Å². The summed E-state index contributed by atoms with van der Waals surface area (Å²) < 4.78 is 13.6. The molecule has 0 atom stereocenters. The molecule has 1 aromatic rings. The quantitative estimate of drug-likeness (QED) is 0.854. The number of hydrogen-bond donors (Lipinski definition) is 1. The molecule has 0 aliphatic heterocycles. The van der Waals surface area contributed by atoms with Crippen LogP contribution in [0.15, 0.2) is 18.2 Å². The van der Waals surface area contributed by atoms with Crippen molar-refractivity contribution >= 4 is 17.6 Å². The maximum atomic E-state index is 13.6. The van der Waals surface area contributed by atoms with Crippen LogP contribution in [0.2, 0.25) is 5.02 Å². The Morgan fingerprint density at radius 1 is 1.53 bits per heavy atom. The Balaban J connectivity index is 2.78. The minimum atomic E-state index is -0.916. The summed E-state index contributed by atoms with van der Waals surface area (Å²) in [5.41, 5.74) is 0.423. The van der Waals surface area contributed by atoms with E-state index in [1.807, 2.05) is 6.92 Å². The van der Waals surface area contributed by atoms with Crippen LogP contribution in [-0.2, 0) is 11.3 Å². The standard InChI is InChI=1S/C12H15ClFNO2/c1-2-6-15(8-11(16)17)7-9-4-3-5-10(13)12(9)14/h3-5H,2,6-8H2,1H3,(H,16,17). The number of halogens is 2. The second-order valence-electron chi connectivity index (χ2n) is 3.82. The van der Waals surface area contributed by atoms with Gasteiger partial charge in [0.05, 0.1) is 11.6 Å². The van der Waals surface area contributed by atoms with Crippen LogP contribution in [0.25, 0.3) is 0 Å². The molecule has 0 saturated heterocycles. The maximum Gasteiger partial charge on any atom is 0.317 e. The van der Waals surface area contributed by atoms with Crippen molar-refractivity contribution in [3.8, 4) is 0 Å². The number of nitrogens with zero attached hydrogens (tertiary/aromatic N) is 1. The lowest BCUT2D eigenvalue weighted by Gasteiger charge is -2.19. The zero-order valence-corrected chi connectivity index (χ0v) is 10.4. The Morgan fingerprint density at radius 3 is 2.82 bits per heavy atom. The van der Waals surface area contributed by atoms with E-state index in [1.165, 1.54) is 6.07 Å². The second-order valence-corrected chi connectivity index (χ2v) is 4.22. The summed E-state index contributed by atoms with van der Waals surface area (Å²) in [6.07, 6.45) is 0.815. The van der Waals surface area contributed by atoms with E-state index >= 15 is 0 Å². The van der Waals surface area contributed by atoms with E-state index in [1.54, 1.807) is 17.0 Å². The van der Waals surface area contributed by atoms with Crippen molar-refractivity contribution in [1.29, 1.82) is 0 Å². The van der Waals surface area contributed by atoms with E-state index in [-0.39, 0.29) is 18.1 Å². The van der Waals surface area contributed by atoms with Crippen LogP contribution in [0.5, 0.6) is 0 Å². The highest BCUT2D eigenvalue weighted by molar-refractivity contribution is 6.30. The summed E-state index contributed by atoms with van der Waals surface area (Å²) in [7, 11) is 0. The largest absolute Gasteiger partial charge is 0.480 e. The van der Waals surface area contributed by atoms with Gasteiger partial charge in [-0.15, -0.1) is 0 Å². The van der Waals surface area contributed by atoms with Gasteiger partial charge in [-0.2, -0.15) is 0 Å². The highest BCUT2D eigenvalue weighted by atomic mass is 35.5. The lowest BCUT2D eigenvalue weighted by molar-refractivity contribution is -0.138. The molecule has 94 valence electrons. The minimum absolute atomic E-state index is 0.0641. The van der Waals surface area contributed by atoms with Crippen molar-refractivity contribution in [3.63, 3.8) is 0 Å². The number of carboxylic acid groups (broad SMARTS) is 1. The third-order valence-electron chi connectivity index (χ3n) is 2.32. The molecular weight excluding hydrogens is 245 g/mol. The molecule has 0 unspecified atom stereocenters. The summed E-state index contributed by atoms with van der Waals surface area (Å²) in [6.45, 7) is 2.72. The zero-order valence-electron chi connectivity index (χ0n) is 9.62. The van der Waals surface area contributed by atoms with Crippen molar-refractivity contribution in [1.82, 2.24) is 4.90 Å². The predicted molar refractivity (Wildman–Crippen MR) is 64.6 cm³/mol. The molecule has 0 saturated carbocycles. The summed E-state index contributed by atoms with van der Waals surface area (Å²) in [6, 6.07) is 4.75. The number of rotatable bonds is 6. The minimum Gasteiger partial charge on any atom is -0.480 e. The van der Waals surface area contributed by atoms with Gasteiger partial charge in [-0.05, 0) is 19.0 Å². The Labute approximate surface area is 105 Å². The molecule has 0 heterocycles. The SMILES string of the molecule is CCCN(CC(=O)O)Cc1cccc(Cl)c1F. The van der Waals surface area contributed by atoms with Gasteiger partial charge in [0.25, 0.3) is 0 Å². The third kappa shape index (κ3) is 4.32. The average Bonchev–Trinajstić information content (AvgIpc) is 2.24. The number of benzene rings is 1. The normalized spacial score (nSPS) is 10.8. The molecule has 1 rings (SSSR count). The Bertz CT molecular complexity index is 398. The first kappa shape index (κ1) is 13.9. The lowest BCUT2D eigenvalue weighted by Crippen LogP contribution is -2.30. The van der Waals surface area contributed by atoms with Gasteiger partial charge < -0.3 is 5.11 Å². The summed E-state index contributed by atoms with van der Waals surface area (Å²) in [4.78, 5) is 12.3. The van der Waals surface area contributed by atoms with Gasteiger partial charge in [0.2, 0.25) is 0 Å². The fraction of sp³-hybridized carbons (Fsp3) is 0.417. The Kier molecular flexibility index (Phi) is 5.38. The molecule has 0 bridgehead atoms. The van der Waals surface area contributed by atoms with E-state index in [0.717, 1.165) is 6.42 Å². The molecule has 17 heavy (non-hydrogen) atoms. The summed E-state index contributed by atoms with van der Waals surface area (Å²) in [5.74, 6) is -1.39. The van der Waals surface area contributed by atoms with Gasteiger partial charge >= 0.3 is 5.97 Å². The molecule has 0 radical (unpaired) electrons. The highest BCUT2D eigenvalue weighted by Crippen LogP contribution is 2.19. The number of carbonyl (C=O) groups is 1. The van der Waals surface area contributed by atoms with Crippen molar-refractivity contribution < 1.29 is 14.3 Å². The second kappa shape index (κ2) is 6.57. The molecule has 1 aromatic carbocycles. The number of carboxylic acids is 1. The van der Waals surface area contributed by atoms with Gasteiger partial charge in [-0.25, -0.2) is 4.39 Å². The Morgan fingerprint density at radius 2 is 2.24 bits per heavy atom. The smallest absolute Gasteiger partial charge is 0.317 e. The first-order valence-corrected chi connectivity index (χ1v) is 5.79. The zero-order chi connectivity index (χ0) is 12.8. The molecule has 3 nitrogen and oxygen atoms in total. The van der Waals surface area contributed by atoms with Gasteiger partial charge in [-0.1, -0.05) is 30.7 Å². The number of hydrogen-bond acceptors (Lipinski definition) is 2. The average molecular weight is 260 g/mol. The number of aliphatic carboxylic acids is 1. The van der Waals surface area contributed by atoms with E-state index in [2.05, 4.69) is 0 Å². The van der Waals surface area contributed by atoms with Crippen molar-refractivity contribution in [2.24, 2.45) is 0 Å². The Hall–Kier alpha value is -1.13. The molecular formula is C12H15ClFNO2. The van der Waals surface area contributed by atoms with E-state index in [4.69, 9.17) is 16.7 Å². The highest BCUT2D eigenvalue weighted by Gasteiger charge is 2.13. The van der Waals surface area contributed by atoms with E-state index in [9.17, 15) is 9.18 Å². The molecule has 1 N–H and O–H groups in total. The summed E-state index contributed by atoms with van der Waals surface area (Å²) in [5, 5.41) is 8.82. The van der Waals surface area contributed by atoms with E-state index in [0.29, 0.717) is 12.1 Å². The monoisotopic (exact) mass is 259 g/mol. The van der Waals surface area contributed by atoms with Gasteiger partial charge in [-0.3, -0.25) is 9.69 Å². The van der Waals surface area contributed by atoms with Crippen molar-refractivity contribution in [2.75, 3.05) is 13.1 Å². The third-order valence-corrected chi connectivity index (χ3v) is 2.62. The first-order valence-electron chi connectivity index (χ1n) is 5.41. The van der Waals surface area contributed by atoms with Crippen LogP contribution in [0.1, 0.15) is 18.9 Å². The molecule has 0 aromatic heterocycles. The molecule has 0 amide bonds. The predicted octanol–water partition coefficient (Wildman–Crippen LogP) is 2.78. The van der Waals surface area contributed by atoms with E-state index < -0.39 is 11.8 Å². The molecule has 0 fully saturated rings. The maximum absolute atomic E-state index is 13.6. The first-order chi connectivity index (χ1) is 8.04. The lowest BCUT2D eigenvalue weighted by atomic mass is 10.2. The fourth-order valence-electron chi connectivity index (χ4n) is 1.63. The van der Waals surface area contributed by atoms with Crippen LogP contribution in [0, 0.1) is 5.82 Å². The topological polar surface area (TPSA) is 40.5 Å². The van der Waals surface area contributed by atoms with Crippen LogP contribution in [0.3, 0.4) is 0 Å². The fourth-order valence-corrected chi connectivity index (χ4v) is 1.83. The van der Waals surface area contributed by atoms with Crippen LogP contribution < -0.4 is 0 Å². The molecule has 0 spiro atoms. The molecule has 0 aliphatic rings. The molecule has 0 aliphatic carbocycles. The summed E-state index contributed by atoms with van der Waals surface area (Å²) >= 11 is 5.67. The van der Waals surface area contributed by atoms with Crippen molar-refractivity contribution in [3.05, 3.63) is 34.6 Å². The molecule has 5 heteroatoms. The van der Waals surface area contributed by atoms with Crippen molar-refractivity contribution in [2.45, 2.75) is 19.9 Å². The van der Waals surface area contributed by atoms with Gasteiger partial charge in [0.1, 0.15) is 5.82 Å². The van der Waals surface area contributed by atoms with Crippen LogP contribution in [-0.4, -0.2) is 29.1 Å².